The number of amides is 4. The zero-order chi connectivity index (χ0) is 30.9. The molecule has 0 heterocycles. The number of carbonyl (C=O) groups is 4. The molecule has 0 spiro atoms. The highest BCUT2D eigenvalue weighted by atomic mass is 35.5. The van der Waals surface area contributed by atoms with E-state index in [9.17, 15) is 19.2 Å². The number of carbonyl (C=O) groups excluding carboxylic acids is 4. The first-order valence-electron chi connectivity index (χ1n) is 13.4. The van der Waals surface area contributed by atoms with E-state index in [4.69, 9.17) is 28.5 Å². The molecule has 4 N–H and O–H groups in total. The second-order valence-corrected chi connectivity index (χ2v) is 11.2. The van der Waals surface area contributed by atoms with Gasteiger partial charge < -0.3 is 26.0 Å². The number of alkyl carbamates (subject to hydrolysis) is 1. The summed E-state index contributed by atoms with van der Waals surface area (Å²) < 4.78 is 5.37. The van der Waals surface area contributed by atoms with Gasteiger partial charge in [-0.2, -0.15) is 0 Å². The van der Waals surface area contributed by atoms with Gasteiger partial charge in [-0.05, 0) is 76.8 Å². The molecule has 3 atom stereocenters. The Morgan fingerprint density at radius 3 is 2.27 bits per heavy atom. The Balaban J connectivity index is 2.63. The lowest BCUT2D eigenvalue weighted by atomic mass is 9.97. The van der Waals surface area contributed by atoms with Crippen LogP contribution in [0.15, 0.2) is 42.5 Å². The highest BCUT2D eigenvalue weighted by Crippen LogP contribution is 2.31. The number of primary amides is 1. The number of rotatable bonds is 11. The van der Waals surface area contributed by atoms with E-state index >= 15 is 0 Å². The molecule has 2 aromatic rings. The first-order chi connectivity index (χ1) is 19.2. The van der Waals surface area contributed by atoms with Gasteiger partial charge in [0.05, 0.1) is 10.7 Å². The predicted molar refractivity (Wildman–Crippen MR) is 160 cm³/mol. The van der Waals surface area contributed by atoms with Crippen LogP contribution in [0, 0.1) is 19.3 Å². The molecule has 0 radical (unpaired) electrons. The minimum Gasteiger partial charge on any atom is -0.444 e. The third kappa shape index (κ3) is 9.54. The summed E-state index contributed by atoms with van der Waals surface area (Å²) >= 11 is 6.40. The summed E-state index contributed by atoms with van der Waals surface area (Å²) in [7, 11) is 0. The number of nitrogens with one attached hydrogen (secondary N) is 2. The topological polar surface area (TPSA) is 131 Å². The van der Waals surface area contributed by atoms with Crippen LogP contribution in [-0.4, -0.2) is 46.4 Å². The van der Waals surface area contributed by atoms with Crippen molar-refractivity contribution >= 4 is 41.1 Å². The van der Waals surface area contributed by atoms with E-state index in [0.29, 0.717) is 28.3 Å². The first kappa shape index (κ1) is 33.2. The third-order valence-electron chi connectivity index (χ3n) is 6.38. The van der Waals surface area contributed by atoms with Crippen molar-refractivity contribution in [2.45, 2.75) is 84.5 Å². The summed E-state index contributed by atoms with van der Waals surface area (Å²) in [6, 6.07) is 9.15. The minimum atomic E-state index is -1.20. The smallest absolute Gasteiger partial charge is 0.408 e. The first-order valence-corrected chi connectivity index (χ1v) is 13.8. The molecule has 2 rings (SSSR count). The zero-order valence-corrected chi connectivity index (χ0v) is 25.2. The van der Waals surface area contributed by atoms with E-state index in [0.717, 1.165) is 5.56 Å². The van der Waals surface area contributed by atoms with Gasteiger partial charge in [0.1, 0.15) is 17.7 Å². The number of hydrogen-bond acceptors (Lipinski definition) is 5. The van der Waals surface area contributed by atoms with Crippen molar-refractivity contribution in [2.24, 2.45) is 5.73 Å². The Kier molecular flexibility index (Phi) is 11.8. The molecule has 41 heavy (non-hydrogen) atoms. The Morgan fingerprint density at radius 2 is 1.76 bits per heavy atom. The largest absolute Gasteiger partial charge is 0.444 e. The fourth-order valence-electron chi connectivity index (χ4n) is 4.15. The second kappa shape index (κ2) is 14.6. The molecule has 3 unspecified atom stereocenters. The zero-order valence-electron chi connectivity index (χ0n) is 24.4. The molecule has 9 nitrogen and oxygen atoms in total. The maximum atomic E-state index is 14.3. The summed E-state index contributed by atoms with van der Waals surface area (Å²) in [6.07, 6.45) is 4.92. The third-order valence-corrected chi connectivity index (χ3v) is 6.69. The van der Waals surface area contributed by atoms with Crippen molar-refractivity contribution in [2.75, 3.05) is 5.32 Å². The number of benzene rings is 2. The van der Waals surface area contributed by atoms with Gasteiger partial charge in [0.25, 0.3) is 5.91 Å². The summed E-state index contributed by atoms with van der Waals surface area (Å²) in [5.74, 6) is 0.804. The molecule has 2 aromatic carbocycles. The fraction of sp³-hybridized carbons (Fsp3) is 0.419. The van der Waals surface area contributed by atoms with Crippen molar-refractivity contribution in [3.63, 3.8) is 0 Å². The Bertz CT molecular complexity index is 1280. The summed E-state index contributed by atoms with van der Waals surface area (Å²) in [4.78, 5) is 54.1. The van der Waals surface area contributed by atoms with Gasteiger partial charge in [-0.25, -0.2) is 4.79 Å². The van der Waals surface area contributed by atoms with Crippen molar-refractivity contribution in [1.82, 2.24) is 10.2 Å². The van der Waals surface area contributed by atoms with E-state index in [1.54, 1.807) is 77.1 Å². The average molecular weight is 583 g/mol. The van der Waals surface area contributed by atoms with Crippen molar-refractivity contribution in [3.05, 3.63) is 64.2 Å². The molecule has 0 aliphatic rings. The molecule has 0 bridgehead atoms. The van der Waals surface area contributed by atoms with Crippen LogP contribution in [-0.2, 0) is 19.1 Å². The second-order valence-electron chi connectivity index (χ2n) is 10.8. The van der Waals surface area contributed by atoms with Gasteiger partial charge in [0, 0.05) is 18.0 Å². The highest BCUT2D eigenvalue weighted by molar-refractivity contribution is 6.34. The number of hydrogen-bond donors (Lipinski definition) is 3. The number of nitrogens with zero attached hydrogens (tertiary/aromatic N) is 1. The maximum Gasteiger partial charge on any atom is 0.408 e. The Labute approximate surface area is 247 Å². The molecule has 0 saturated heterocycles. The monoisotopic (exact) mass is 582 g/mol. The standard InChI is InChI=1S/C31H39ClN4O5/c1-8-20(4)36(29(39)24(17-18-25(33)37)34-30(40)41-31(5,6)7)27(22-15-13-21(9-2)14-16-22)28(38)35-26-19(3)11-10-12-23(26)32/h2,10-16,20,24,27H,8,17-18H2,1,3-7H3,(H2,33,37)(H,34,40)(H,35,38). The number of terminal acetylenes is 1. The number of ether oxygens (including phenoxy) is 1. The number of aryl methyl sites for hydroxylation is 1. The number of para-hydroxylation sites is 1. The summed E-state index contributed by atoms with van der Waals surface area (Å²) in [5.41, 5.74) is 6.79. The van der Waals surface area contributed by atoms with Gasteiger partial charge in [-0.1, -0.05) is 48.7 Å². The summed E-state index contributed by atoms with van der Waals surface area (Å²) in [6.45, 7) is 10.5. The molecular formula is C31H39ClN4O5. The van der Waals surface area contributed by atoms with Crippen LogP contribution in [0.25, 0.3) is 0 Å². The van der Waals surface area contributed by atoms with Gasteiger partial charge in [0.2, 0.25) is 11.8 Å². The molecule has 0 saturated carbocycles. The fourth-order valence-corrected chi connectivity index (χ4v) is 4.42. The SMILES string of the molecule is C#Cc1ccc(C(C(=O)Nc2c(C)cccc2Cl)N(C(=O)C(CCC(N)=O)NC(=O)OC(C)(C)C)C(C)CC)cc1. The van der Waals surface area contributed by atoms with E-state index in [1.165, 1.54) is 4.90 Å². The van der Waals surface area contributed by atoms with Gasteiger partial charge in [0.15, 0.2) is 0 Å². The average Bonchev–Trinajstić information content (AvgIpc) is 2.89. The minimum absolute atomic E-state index is 0.0890. The molecule has 0 fully saturated rings. The van der Waals surface area contributed by atoms with E-state index < -0.39 is 47.5 Å². The molecule has 0 aliphatic carbocycles. The number of anilines is 1. The van der Waals surface area contributed by atoms with Gasteiger partial charge in [-0.15, -0.1) is 6.42 Å². The molecule has 10 heteroatoms. The Hall–Kier alpha value is -4.03. The lowest BCUT2D eigenvalue weighted by Crippen LogP contribution is -2.55. The molecule has 0 aliphatic heterocycles. The lowest BCUT2D eigenvalue weighted by molar-refractivity contribution is -0.143. The van der Waals surface area contributed by atoms with Crippen LogP contribution in [0.2, 0.25) is 5.02 Å². The number of nitrogens with two attached hydrogens (primary N) is 1. The highest BCUT2D eigenvalue weighted by Gasteiger charge is 2.39. The lowest BCUT2D eigenvalue weighted by Gasteiger charge is -2.38. The van der Waals surface area contributed by atoms with Crippen LogP contribution in [0.1, 0.15) is 76.6 Å². The van der Waals surface area contributed by atoms with E-state index in [-0.39, 0.29) is 12.8 Å². The normalized spacial score (nSPS) is 13.2. The van der Waals surface area contributed by atoms with Crippen LogP contribution in [0.4, 0.5) is 10.5 Å². The van der Waals surface area contributed by atoms with E-state index in [2.05, 4.69) is 16.6 Å². The van der Waals surface area contributed by atoms with Crippen LogP contribution >= 0.6 is 11.6 Å². The van der Waals surface area contributed by atoms with Crippen LogP contribution < -0.4 is 16.4 Å². The van der Waals surface area contributed by atoms with E-state index in [1.807, 2.05) is 6.92 Å². The van der Waals surface area contributed by atoms with Gasteiger partial charge in [-0.3, -0.25) is 14.4 Å². The van der Waals surface area contributed by atoms with Crippen molar-refractivity contribution in [1.29, 1.82) is 0 Å². The maximum absolute atomic E-state index is 14.3. The number of halogens is 1. The predicted octanol–water partition coefficient (Wildman–Crippen LogP) is 5.10. The molecule has 0 aromatic heterocycles. The van der Waals surface area contributed by atoms with Crippen LogP contribution in [0.5, 0.6) is 0 Å². The Morgan fingerprint density at radius 1 is 1.12 bits per heavy atom. The van der Waals surface area contributed by atoms with Crippen molar-refractivity contribution < 1.29 is 23.9 Å². The summed E-state index contributed by atoms with van der Waals surface area (Å²) in [5, 5.41) is 5.81. The molecule has 4 amide bonds. The van der Waals surface area contributed by atoms with Gasteiger partial charge >= 0.3 is 6.09 Å². The molecular weight excluding hydrogens is 544 g/mol. The molecule has 220 valence electrons. The van der Waals surface area contributed by atoms with Crippen molar-refractivity contribution in [3.8, 4) is 12.3 Å². The van der Waals surface area contributed by atoms with Crippen LogP contribution in [0.3, 0.4) is 0 Å². The quantitative estimate of drug-likeness (QED) is 0.317.